The zero-order valence-electron chi connectivity index (χ0n) is 18.0. The first-order valence-corrected chi connectivity index (χ1v) is 11.4. The highest BCUT2D eigenvalue weighted by molar-refractivity contribution is 5.77. The van der Waals surface area contributed by atoms with Crippen molar-refractivity contribution in [3.63, 3.8) is 0 Å². The Morgan fingerprint density at radius 1 is 1.07 bits per heavy atom. The molecule has 2 saturated carbocycles. The van der Waals surface area contributed by atoms with Gasteiger partial charge in [-0.3, -0.25) is 0 Å². The quantitative estimate of drug-likeness (QED) is 0.360. The summed E-state index contributed by atoms with van der Waals surface area (Å²) in [7, 11) is 0. The van der Waals surface area contributed by atoms with Crippen LogP contribution in [0, 0.1) is 11.8 Å². The summed E-state index contributed by atoms with van der Waals surface area (Å²) >= 11 is 0. The van der Waals surface area contributed by atoms with Gasteiger partial charge in [0.1, 0.15) is 0 Å². The maximum Gasteiger partial charge on any atom is 0.376 e. The third-order valence-corrected chi connectivity index (χ3v) is 6.58. The Labute approximate surface area is 173 Å². The average molecular weight is 417 g/mol. The van der Waals surface area contributed by atoms with Gasteiger partial charge in [-0.15, -0.1) is 0 Å². The molecule has 2 unspecified atom stereocenters. The van der Waals surface area contributed by atoms with Crippen LogP contribution in [0.3, 0.4) is 0 Å². The third-order valence-electron chi connectivity index (χ3n) is 6.58. The largest absolute Gasteiger partial charge is 0.462 e. The lowest BCUT2D eigenvalue weighted by atomic mass is 9.64. The van der Waals surface area contributed by atoms with E-state index in [9.17, 15) is 18.4 Å². The van der Waals surface area contributed by atoms with Crippen molar-refractivity contribution in [1.29, 1.82) is 0 Å². The van der Waals surface area contributed by atoms with Gasteiger partial charge in [0.25, 0.3) is 0 Å². The number of unbranched alkanes of at least 4 members (excludes halogenated alkanes) is 3. The molecule has 2 aliphatic carbocycles. The Hall–Kier alpha value is -1.40. The molecular formula is C22H38F2N2O3. The second kappa shape index (κ2) is 11.1. The Morgan fingerprint density at radius 2 is 1.72 bits per heavy atom. The summed E-state index contributed by atoms with van der Waals surface area (Å²) < 4.78 is 31.4. The van der Waals surface area contributed by atoms with Crippen molar-refractivity contribution in [2.75, 3.05) is 13.2 Å². The number of ether oxygens (including phenoxy) is 1. The SMILES string of the molecule is CCOC(=O)C(F)(F)CCCCCCNC(=O)NC1(CC)CC2CCCC(C2)C1. The number of carbonyl (C=O) groups is 2. The minimum absolute atomic E-state index is 0.0389. The number of amides is 2. The van der Waals surface area contributed by atoms with Gasteiger partial charge in [0.05, 0.1) is 6.61 Å². The molecule has 2 N–H and O–H groups in total. The maximum absolute atomic E-state index is 13.5. The summed E-state index contributed by atoms with van der Waals surface area (Å²) in [5.41, 5.74) is -0.0727. The third kappa shape index (κ3) is 7.41. The second-order valence-corrected chi connectivity index (χ2v) is 8.91. The summed E-state index contributed by atoms with van der Waals surface area (Å²) in [5, 5.41) is 6.18. The summed E-state index contributed by atoms with van der Waals surface area (Å²) in [4.78, 5) is 23.5. The maximum atomic E-state index is 13.5. The lowest BCUT2D eigenvalue weighted by Gasteiger charge is -2.47. The normalized spacial score (nSPS) is 26.6. The van der Waals surface area contributed by atoms with E-state index < -0.39 is 18.3 Å². The predicted octanol–water partition coefficient (Wildman–Crippen LogP) is 5.18. The summed E-state index contributed by atoms with van der Waals surface area (Å²) in [5.74, 6) is -3.35. The van der Waals surface area contributed by atoms with Crippen LogP contribution in [0.4, 0.5) is 13.6 Å². The lowest BCUT2D eigenvalue weighted by molar-refractivity contribution is -0.172. The first-order chi connectivity index (χ1) is 13.8. The van der Waals surface area contributed by atoms with Crippen molar-refractivity contribution in [1.82, 2.24) is 10.6 Å². The van der Waals surface area contributed by atoms with Gasteiger partial charge in [0.2, 0.25) is 0 Å². The Balaban J connectivity index is 1.59. The Kier molecular flexibility index (Phi) is 9.15. The van der Waals surface area contributed by atoms with Crippen molar-refractivity contribution >= 4 is 12.0 Å². The van der Waals surface area contributed by atoms with Crippen molar-refractivity contribution in [2.24, 2.45) is 11.8 Å². The highest BCUT2D eigenvalue weighted by Crippen LogP contribution is 2.45. The number of halogens is 2. The number of fused-ring (bicyclic) bond motifs is 2. The fraction of sp³-hybridized carbons (Fsp3) is 0.909. The van der Waals surface area contributed by atoms with Crippen molar-refractivity contribution < 1.29 is 23.1 Å². The molecule has 0 spiro atoms. The van der Waals surface area contributed by atoms with Crippen molar-refractivity contribution in [3.05, 3.63) is 0 Å². The van der Waals surface area contributed by atoms with E-state index in [0.29, 0.717) is 13.0 Å². The smallest absolute Gasteiger partial charge is 0.376 e. The summed E-state index contributed by atoms with van der Waals surface area (Å²) in [6.45, 7) is 4.17. The van der Waals surface area contributed by atoms with E-state index in [1.807, 2.05) is 0 Å². The van der Waals surface area contributed by atoms with E-state index in [1.165, 1.54) is 32.6 Å². The molecule has 0 aromatic carbocycles. The minimum Gasteiger partial charge on any atom is -0.462 e. The molecule has 0 saturated heterocycles. The highest BCUT2D eigenvalue weighted by atomic mass is 19.3. The molecule has 0 aromatic rings. The van der Waals surface area contributed by atoms with Gasteiger partial charge in [0, 0.05) is 18.5 Å². The van der Waals surface area contributed by atoms with Crippen molar-refractivity contribution in [2.45, 2.75) is 102 Å². The van der Waals surface area contributed by atoms with E-state index in [1.54, 1.807) is 0 Å². The van der Waals surface area contributed by atoms with E-state index in [-0.39, 0.29) is 24.6 Å². The molecule has 2 amide bonds. The van der Waals surface area contributed by atoms with Crippen LogP contribution in [0.25, 0.3) is 0 Å². The number of nitrogens with one attached hydrogen (secondary N) is 2. The molecule has 2 bridgehead atoms. The van der Waals surface area contributed by atoms with Gasteiger partial charge >= 0.3 is 17.9 Å². The minimum atomic E-state index is -3.40. The zero-order chi connectivity index (χ0) is 21.3. The van der Waals surface area contributed by atoms with Crippen LogP contribution in [0.15, 0.2) is 0 Å². The molecule has 168 valence electrons. The molecule has 0 aliphatic heterocycles. The standard InChI is InChI=1S/C22H38F2N2O3/c1-3-21(15-17-10-9-11-18(14-17)16-21)26-20(28)25-13-8-6-5-7-12-22(23,24)19(27)29-4-2/h17-18H,3-16H2,1-2H3,(H2,25,26,28). The van der Waals surface area contributed by atoms with Gasteiger partial charge in [0.15, 0.2) is 0 Å². The Bertz CT molecular complexity index is 530. The number of urea groups is 1. The number of hydrogen-bond donors (Lipinski definition) is 2. The summed E-state index contributed by atoms with van der Waals surface area (Å²) in [6, 6.07) is -0.110. The molecule has 29 heavy (non-hydrogen) atoms. The first-order valence-electron chi connectivity index (χ1n) is 11.4. The molecule has 5 nitrogen and oxygen atoms in total. The van der Waals surface area contributed by atoms with Crippen LogP contribution < -0.4 is 10.6 Å². The predicted molar refractivity (Wildman–Crippen MR) is 109 cm³/mol. The second-order valence-electron chi connectivity index (χ2n) is 8.91. The van der Waals surface area contributed by atoms with Crippen LogP contribution in [0.5, 0.6) is 0 Å². The van der Waals surface area contributed by atoms with Crippen LogP contribution in [0.1, 0.15) is 90.9 Å². The number of esters is 1. The number of rotatable bonds is 11. The topological polar surface area (TPSA) is 67.4 Å². The Morgan fingerprint density at radius 3 is 2.34 bits per heavy atom. The van der Waals surface area contributed by atoms with Gasteiger partial charge in [-0.2, -0.15) is 8.78 Å². The fourth-order valence-electron chi connectivity index (χ4n) is 5.09. The van der Waals surface area contributed by atoms with E-state index in [4.69, 9.17) is 0 Å². The lowest BCUT2D eigenvalue weighted by Crippen LogP contribution is -2.56. The van der Waals surface area contributed by atoms with Crippen LogP contribution in [-0.4, -0.2) is 36.6 Å². The first kappa shape index (κ1) is 23.9. The highest BCUT2D eigenvalue weighted by Gasteiger charge is 2.42. The molecule has 7 heteroatoms. The van der Waals surface area contributed by atoms with Crippen LogP contribution in [0.2, 0.25) is 0 Å². The number of hydrogen-bond acceptors (Lipinski definition) is 3. The molecule has 0 aromatic heterocycles. The van der Waals surface area contributed by atoms with Gasteiger partial charge < -0.3 is 15.4 Å². The van der Waals surface area contributed by atoms with E-state index in [0.717, 1.165) is 43.9 Å². The molecule has 2 atom stereocenters. The van der Waals surface area contributed by atoms with E-state index in [2.05, 4.69) is 22.3 Å². The average Bonchev–Trinajstić information content (AvgIpc) is 2.67. The summed E-state index contributed by atoms with van der Waals surface area (Å²) in [6.07, 6.45) is 10.2. The fourth-order valence-corrected chi connectivity index (χ4v) is 5.09. The molecular weight excluding hydrogens is 378 g/mol. The molecule has 0 heterocycles. The molecule has 2 rings (SSSR count). The van der Waals surface area contributed by atoms with Crippen LogP contribution in [-0.2, 0) is 9.53 Å². The molecule has 0 radical (unpaired) electrons. The zero-order valence-corrected chi connectivity index (χ0v) is 18.0. The number of carbonyl (C=O) groups excluding carboxylic acids is 2. The van der Waals surface area contributed by atoms with Gasteiger partial charge in [-0.25, -0.2) is 9.59 Å². The molecule has 2 aliphatic rings. The number of alkyl halides is 2. The van der Waals surface area contributed by atoms with E-state index >= 15 is 0 Å². The van der Waals surface area contributed by atoms with Crippen molar-refractivity contribution in [3.8, 4) is 0 Å². The van der Waals surface area contributed by atoms with Crippen LogP contribution >= 0.6 is 0 Å². The molecule has 2 fully saturated rings. The van der Waals surface area contributed by atoms with Gasteiger partial charge in [-0.05, 0) is 57.3 Å². The monoisotopic (exact) mass is 416 g/mol. The van der Waals surface area contributed by atoms with Gasteiger partial charge in [-0.1, -0.05) is 39.0 Å².